The SMILES string of the molecule is CNS(=O)(=O)c1cnc(Oc2ccc(C(F)(F)F)cc2)c(-c2cn3c(n2)C(C)(O)CC3)c1. The minimum atomic E-state index is -4.49. The number of nitrogens with zero attached hydrogens (tertiary/aromatic N) is 3. The Morgan fingerprint density at radius 2 is 1.94 bits per heavy atom. The summed E-state index contributed by atoms with van der Waals surface area (Å²) in [7, 11) is -2.58. The number of rotatable bonds is 5. The van der Waals surface area contributed by atoms with E-state index < -0.39 is 27.4 Å². The van der Waals surface area contributed by atoms with E-state index >= 15 is 0 Å². The lowest BCUT2D eigenvalue weighted by molar-refractivity contribution is -0.137. The highest BCUT2D eigenvalue weighted by molar-refractivity contribution is 7.89. The van der Waals surface area contributed by atoms with Crippen molar-refractivity contribution in [3.8, 4) is 22.9 Å². The molecule has 0 saturated carbocycles. The van der Waals surface area contributed by atoms with E-state index in [0.29, 0.717) is 24.5 Å². The van der Waals surface area contributed by atoms with Gasteiger partial charge < -0.3 is 14.4 Å². The Kier molecular flexibility index (Phi) is 5.26. The molecule has 0 saturated heterocycles. The standard InChI is InChI=1S/C20H19F3N4O4S/c1-19(28)7-8-27-11-16(26-18(19)27)15-9-14(32(29,30)24-2)10-25-17(15)31-13-5-3-12(4-6-13)20(21,22)23/h3-6,9-11,24,28H,7-8H2,1-2H3. The summed E-state index contributed by atoms with van der Waals surface area (Å²) in [4.78, 5) is 8.38. The molecule has 0 bridgehead atoms. The van der Waals surface area contributed by atoms with Gasteiger partial charge in [-0.15, -0.1) is 0 Å². The minimum Gasteiger partial charge on any atom is -0.438 e. The molecule has 1 aromatic carbocycles. The Balaban J connectivity index is 1.78. The van der Waals surface area contributed by atoms with Crippen molar-refractivity contribution in [2.45, 2.75) is 36.6 Å². The number of hydrogen-bond donors (Lipinski definition) is 2. The molecule has 4 rings (SSSR count). The monoisotopic (exact) mass is 468 g/mol. The van der Waals surface area contributed by atoms with Crippen molar-refractivity contribution in [2.24, 2.45) is 0 Å². The topological polar surface area (TPSA) is 106 Å². The second kappa shape index (κ2) is 7.57. The summed E-state index contributed by atoms with van der Waals surface area (Å²) < 4.78 is 72.6. The molecule has 0 spiro atoms. The number of aromatic nitrogens is 3. The predicted molar refractivity (Wildman–Crippen MR) is 107 cm³/mol. The molecule has 0 fully saturated rings. The van der Waals surface area contributed by atoms with Gasteiger partial charge in [-0.2, -0.15) is 13.2 Å². The lowest BCUT2D eigenvalue weighted by Crippen LogP contribution is -2.19. The summed E-state index contributed by atoms with van der Waals surface area (Å²) in [6.45, 7) is 2.15. The van der Waals surface area contributed by atoms with Gasteiger partial charge in [0, 0.05) is 19.2 Å². The van der Waals surface area contributed by atoms with Gasteiger partial charge in [0.1, 0.15) is 22.1 Å². The fourth-order valence-electron chi connectivity index (χ4n) is 3.38. The molecule has 12 heteroatoms. The third kappa shape index (κ3) is 4.08. The fourth-order valence-corrected chi connectivity index (χ4v) is 4.08. The quantitative estimate of drug-likeness (QED) is 0.595. The van der Waals surface area contributed by atoms with Crippen LogP contribution in [-0.4, -0.2) is 35.1 Å². The molecule has 8 nitrogen and oxygen atoms in total. The Morgan fingerprint density at radius 1 is 1.25 bits per heavy atom. The molecule has 0 radical (unpaired) electrons. The van der Waals surface area contributed by atoms with Crippen LogP contribution >= 0.6 is 0 Å². The molecule has 1 unspecified atom stereocenters. The Labute approximate surface area is 181 Å². The molecule has 2 aromatic heterocycles. The molecule has 3 aromatic rings. The maximum Gasteiger partial charge on any atom is 0.416 e. The number of ether oxygens (including phenoxy) is 1. The molecule has 0 amide bonds. The van der Waals surface area contributed by atoms with Crippen LogP contribution in [0.15, 0.2) is 47.6 Å². The van der Waals surface area contributed by atoms with Gasteiger partial charge in [-0.25, -0.2) is 23.1 Å². The van der Waals surface area contributed by atoms with Crippen LogP contribution in [0.5, 0.6) is 11.6 Å². The van der Waals surface area contributed by atoms with Gasteiger partial charge in [0.25, 0.3) is 0 Å². The maximum atomic E-state index is 12.8. The summed E-state index contributed by atoms with van der Waals surface area (Å²) in [6, 6.07) is 5.34. The Hall–Kier alpha value is -2.96. The molecule has 3 heterocycles. The van der Waals surface area contributed by atoms with Crippen LogP contribution in [0, 0.1) is 0 Å². The van der Waals surface area contributed by atoms with E-state index in [9.17, 15) is 26.7 Å². The zero-order valence-electron chi connectivity index (χ0n) is 17.0. The second-order valence-electron chi connectivity index (χ2n) is 7.52. The first-order valence-corrected chi connectivity index (χ1v) is 11.0. The van der Waals surface area contributed by atoms with Crippen molar-refractivity contribution in [3.63, 3.8) is 0 Å². The van der Waals surface area contributed by atoms with Crippen LogP contribution in [0.3, 0.4) is 0 Å². The van der Waals surface area contributed by atoms with Crippen molar-refractivity contribution < 1.29 is 31.4 Å². The average molecular weight is 468 g/mol. The minimum absolute atomic E-state index is 0.0452. The number of halogens is 3. The molecule has 1 atom stereocenters. The van der Waals surface area contributed by atoms with E-state index in [0.717, 1.165) is 30.5 Å². The molecule has 32 heavy (non-hydrogen) atoms. The zero-order valence-corrected chi connectivity index (χ0v) is 17.8. The normalized spacial score (nSPS) is 18.6. The molecule has 1 aliphatic rings. The van der Waals surface area contributed by atoms with Crippen molar-refractivity contribution in [3.05, 3.63) is 54.1 Å². The third-order valence-corrected chi connectivity index (χ3v) is 6.56. The van der Waals surface area contributed by atoms with Gasteiger partial charge in [-0.05, 0) is 44.3 Å². The average Bonchev–Trinajstić information content (AvgIpc) is 3.28. The fraction of sp³-hybridized carbons (Fsp3) is 0.300. The maximum absolute atomic E-state index is 12.8. The van der Waals surface area contributed by atoms with E-state index in [1.807, 2.05) is 0 Å². The summed E-state index contributed by atoms with van der Waals surface area (Å²) in [5.74, 6) is 0.445. The number of sulfonamides is 1. The van der Waals surface area contributed by atoms with Crippen LogP contribution in [0.2, 0.25) is 0 Å². The number of aryl methyl sites for hydroxylation is 1. The highest BCUT2D eigenvalue weighted by Gasteiger charge is 2.35. The van der Waals surface area contributed by atoms with Gasteiger partial charge in [0.05, 0.1) is 23.0 Å². The number of pyridine rings is 1. The van der Waals surface area contributed by atoms with E-state index in [-0.39, 0.29) is 22.1 Å². The van der Waals surface area contributed by atoms with Crippen molar-refractivity contribution in [2.75, 3.05) is 7.05 Å². The number of hydrogen-bond acceptors (Lipinski definition) is 6. The van der Waals surface area contributed by atoms with Gasteiger partial charge in [-0.3, -0.25) is 0 Å². The van der Waals surface area contributed by atoms with E-state index in [1.54, 1.807) is 17.7 Å². The molecular formula is C20H19F3N4O4S. The number of nitrogens with one attached hydrogen (secondary N) is 1. The highest BCUT2D eigenvalue weighted by Crippen LogP contribution is 2.38. The van der Waals surface area contributed by atoms with Gasteiger partial charge in [0.2, 0.25) is 15.9 Å². The van der Waals surface area contributed by atoms with Crippen LogP contribution in [0.4, 0.5) is 13.2 Å². The molecule has 170 valence electrons. The molecule has 0 aliphatic carbocycles. The highest BCUT2D eigenvalue weighted by atomic mass is 32.2. The summed E-state index contributed by atoms with van der Waals surface area (Å²) >= 11 is 0. The Morgan fingerprint density at radius 3 is 2.53 bits per heavy atom. The van der Waals surface area contributed by atoms with Crippen molar-refractivity contribution >= 4 is 10.0 Å². The van der Waals surface area contributed by atoms with Crippen LogP contribution < -0.4 is 9.46 Å². The van der Waals surface area contributed by atoms with Crippen LogP contribution in [0.25, 0.3) is 11.3 Å². The van der Waals surface area contributed by atoms with E-state index in [1.165, 1.54) is 13.1 Å². The first kappa shape index (κ1) is 22.2. The van der Waals surface area contributed by atoms with E-state index in [4.69, 9.17) is 4.74 Å². The molecular weight excluding hydrogens is 449 g/mol. The number of aliphatic hydroxyl groups is 1. The summed E-state index contributed by atoms with van der Waals surface area (Å²) in [6.07, 6.45) is -1.28. The van der Waals surface area contributed by atoms with Gasteiger partial charge in [0.15, 0.2) is 0 Å². The van der Waals surface area contributed by atoms with Gasteiger partial charge >= 0.3 is 6.18 Å². The smallest absolute Gasteiger partial charge is 0.416 e. The van der Waals surface area contributed by atoms with E-state index in [2.05, 4.69) is 14.7 Å². The summed E-state index contributed by atoms with van der Waals surface area (Å²) in [5.41, 5.74) is -1.46. The Bertz CT molecular complexity index is 1270. The number of benzene rings is 1. The molecule has 1 aliphatic heterocycles. The van der Waals surface area contributed by atoms with Crippen LogP contribution in [0.1, 0.15) is 24.7 Å². The predicted octanol–water partition coefficient (Wildman–Crippen LogP) is 3.28. The van der Waals surface area contributed by atoms with Crippen LogP contribution in [-0.2, 0) is 28.3 Å². The number of imidazole rings is 1. The molecule has 2 N–H and O–H groups in total. The zero-order chi connectivity index (χ0) is 23.3. The van der Waals surface area contributed by atoms with Gasteiger partial charge in [-0.1, -0.05) is 0 Å². The first-order chi connectivity index (χ1) is 14.9. The first-order valence-electron chi connectivity index (χ1n) is 9.50. The number of alkyl halides is 3. The lowest BCUT2D eigenvalue weighted by atomic mass is 10.1. The summed E-state index contributed by atoms with van der Waals surface area (Å²) in [5, 5.41) is 10.5. The van der Waals surface area contributed by atoms with Crippen molar-refractivity contribution in [1.29, 1.82) is 0 Å². The third-order valence-electron chi connectivity index (χ3n) is 5.17. The largest absolute Gasteiger partial charge is 0.438 e. The second-order valence-corrected chi connectivity index (χ2v) is 9.41. The van der Waals surface area contributed by atoms with Crippen molar-refractivity contribution in [1.82, 2.24) is 19.3 Å². The number of fused-ring (bicyclic) bond motifs is 1. The lowest BCUT2D eigenvalue weighted by Gasteiger charge is -2.14.